The highest BCUT2D eigenvalue weighted by Gasteiger charge is 2.70. The van der Waals surface area contributed by atoms with Crippen LogP contribution in [-0.4, -0.2) is 90.0 Å². The molecule has 2 aromatic carbocycles. The first kappa shape index (κ1) is 30.6. The summed E-state index contributed by atoms with van der Waals surface area (Å²) in [5.41, 5.74) is -0.169. The number of hydrogen-bond donors (Lipinski definition) is 2. The monoisotopic (exact) mass is 584 g/mol. The summed E-state index contributed by atoms with van der Waals surface area (Å²) in [5, 5.41) is 15.7. The van der Waals surface area contributed by atoms with Crippen molar-refractivity contribution in [2.45, 2.75) is 88.6 Å². The number of aliphatic hydroxyl groups is 1. The first-order valence-electron chi connectivity index (χ1n) is 14.1. The average Bonchev–Trinajstić information content (AvgIpc) is 3.56. The third-order valence-electron chi connectivity index (χ3n) is 7.76. The van der Waals surface area contributed by atoms with E-state index < -0.39 is 59.7 Å². The lowest BCUT2D eigenvalue weighted by molar-refractivity contribution is -0.256. The van der Waals surface area contributed by atoms with Crippen molar-refractivity contribution in [2.75, 3.05) is 20.3 Å². The summed E-state index contributed by atoms with van der Waals surface area (Å²) in [4.78, 5) is 28.2. The van der Waals surface area contributed by atoms with E-state index in [2.05, 4.69) is 5.32 Å². The predicted molar refractivity (Wildman–Crippen MR) is 149 cm³/mol. The molecule has 2 aromatic rings. The minimum atomic E-state index is -2.00. The molecule has 228 valence electrons. The van der Waals surface area contributed by atoms with Gasteiger partial charge in [0.25, 0.3) is 0 Å². The summed E-state index contributed by atoms with van der Waals surface area (Å²) in [6, 6.07) is 18.0. The highest BCUT2D eigenvalue weighted by atomic mass is 16.8. The van der Waals surface area contributed by atoms with Crippen LogP contribution in [0.4, 0.5) is 0 Å². The van der Waals surface area contributed by atoms with Crippen molar-refractivity contribution in [3.8, 4) is 0 Å². The number of carbonyl (C=O) groups is 2. The first-order chi connectivity index (χ1) is 19.9. The zero-order valence-electron chi connectivity index (χ0n) is 24.6. The van der Waals surface area contributed by atoms with Crippen LogP contribution in [0.25, 0.3) is 0 Å². The van der Waals surface area contributed by atoms with Crippen molar-refractivity contribution in [1.82, 2.24) is 10.2 Å². The smallest absolute Gasteiger partial charge is 0.325 e. The Kier molecular flexibility index (Phi) is 8.73. The molecule has 11 heteroatoms. The van der Waals surface area contributed by atoms with Crippen molar-refractivity contribution in [1.29, 1.82) is 0 Å². The van der Waals surface area contributed by atoms with Crippen LogP contribution in [0.2, 0.25) is 0 Å². The molecule has 0 aromatic heterocycles. The molecule has 42 heavy (non-hydrogen) atoms. The van der Waals surface area contributed by atoms with Crippen molar-refractivity contribution < 1.29 is 43.1 Å². The second-order valence-corrected chi connectivity index (χ2v) is 11.8. The summed E-state index contributed by atoms with van der Waals surface area (Å²) in [5.74, 6) is -3.24. The van der Waals surface area contributed by atoms with Gasteiger partial charge in [-0.15, -0.1) is 0 Å². The number of methoxy groups -OCH3 is 1. The van der Waals surface area contributed by atoms with Crippen LogP contribution in [0.15, 0.2) is 60.7 Å². The number of carbonyl (C=O) groups excluding carboxylic acids is 2. The molecule has 3 heterocycles. The fourth-order valence-electron chi connectivity index (χ4n) is 5.99. The molecule has 0 aliphatic carbocycles. The fourth-order valence-corrected chi connectivity index (χ4v) is 5.99. The number of benzene rings is 2. The summed E-state index contributed by atoms with van der Waals surface area (Å²) in [6.07, 6.45) is -3.85. The van der Waals surface area contributed by atoms with Crippen LogP contribution < -0.4 is 5.32 Å². The van der Waals surface area contributed by atoms with E-state index in [1.165, 1.54) is 7.11 Å². The van der Waals surface area contributed by atoms with Gasteiger partial charge in [0, 0.05) is 13.1 Å². The van der Waals surface area contributed by atoms with Gasteiger partial charge in [-0.2, -0.15) is 0 Å². The van der Waals surface area contributed by atoms with Gasteiger partial charge in [0.05, 0.1) is 13.7 Å². The van der Waals surface area contributed by atoms with E-state index in [0.29, 0.717) is 0 Å². The van der Waals surface area contributed by atoms with E-state index in [1.54, 1.807) is 27.7 Å². The Morgan fingerprint density at radius 2 is 1.52 bits per heavy atom. The number of esters is 1. The topological polar surface area (TPSA) is 125 Å². The van der Waals surface area contributed by atoms with Gasteiger partial charge in [-0.25, -0.2) is 0 Å². The molecule has 2 N–H and O–H groups in total. The van der Waals surface area contributed by atoms with Gasteiger partial charge in [-0.05, 0) is 38.8 Å². The molecule has 3 fully saturated rings. The second-order valence-electron chi connectivity index (χ2n) is 11.8. The number of hydrogen-bond acceptors (Lipinski definition) is 10. The Morgan fingerprint density at radius 1 is 0.929 bits per heavy atom. The number of rotatable bonds is 10. The molecule has 3 aliphatic heterocycles. The number of fused-ring (bicyclic) bond motifs is 1. The maximum absolute atomic E-state index is 14.3. The van der Waals surface area contributed by atoms with Crippen molar-refractivity contribution >= 4 is 11.9 Å². The highest BCUT2D eigenvalue weighted by Crippen LogP contribution is 2.49. The van der Waals surface area contributed by atoms with Crippen LogP contribution in [0.5, 0.6) is 0 Å². The minimum Gasteiger partial charge on any atom is -0.468 e. The zero-order valence-corrected chi connectivity index (χ0v) is 24.6. The summed E-state index contributed by atoms with van der Waals surface area (Å²) in [6.45, 7) is 7.31. The Bertz CT molecular complexity index is 1200. The van der Waals surface area contributed by atoms with Gasteiger partial charge < -0.3 is 38.8 Å². The minimum absolute atomic E-state index is 0.122. The average molecular weight is 585 g/mol. The normalized spacial score (nSPS) is 30.2. The number of nitrogens with zero attached hydrogens (tertiary/aromatic N) is 1. The molecule has 11 nitrogen and oxygen atoms in total. The first-order valence-corrected chi connectivity index (χ1v) is 14.1. The van der Waals surface area contributed by atoms with Gasteiger partial charge in [0.15, 0.2) is 17.9 Å². The molecular weight excluding hydrogens is 544 g/mol. The predicted octanol–water partition coefficient (Wildman–Crippen LogP) is 2.11. The second kappa shape index (κ2) is 12.0. The molecule has 0 spiro atoms. The quantitative estimate of drug-likeness (QED) is 0.401. The molecule has 0 radical (unpaired) electrons. The lowest BCUT2D eigenvalue weighted by Gasteiger charge is -2.45. The lowest BCUT2D eigenvalue weighted by atomic mass is 9.80. The molecule has 0 unspecified atom stereocenters. The van der Waals surface area contributed by atoms with E-state index >= 15 is 0 Å². The molecule has 6 atom stereocenters. The Hall–Kier alpha value is -2.90. The maximum Gasteiger partial charge on any atom is 0.325 e. The van der Waals surface area contributed by atoms with Crippen LogP contribution in [-0.2, 0) is 51.1 Å². The number of nitrogens with one attached hydrogen (secondary N) is 1. The number of ether oxygens (including phenoxy) is 6. The number of amides is 1. The maximum atomic E-state index is 14.3. The molecular formula is C31H40N2O9. The lowest BCUT2D eigenvalue weighted by Crippen LogP contribution is -2.69. The van der Waals surface area contributed by atoms with Crippen LogP contribution in [0, 0.1) is 0 Å². The van der Waals surface area contributed by atoms with Gasteiger partial charge in [0.2, 0.25) is 5.91 Å². The summed E-state index contributed by atoms with van der Waals surface area (Å²) in [7, 11) is 1.24. The van der Waals surface area contributed by atoms with E-state index in [1.807, 2.05) is 65.6 Å². The zero-order chi connectivity index (χ0) is 30.1. The Morgan fingerprint density at radius 3 is 2.05 bits per heavy atom. The molecule has 5 rings (SSSR count). The van der Waals surface area contributed by atoms with Crippen LogP contribution >= 0.6 is 0 Å². The standard InChI is InChI=1S/C31H40N2O9/c1-29(2)38-19-22(40-29)25-31(36,26-28(39-25)42-30(3,4)41-26)24(27(35)32-16-23(34)37-5)33(17-20-12-8-6-9-13-20)18-21-14-10-7-11-15-21/h6-15,22,24-26,28,36H,16-19H2,1-5H3,(H,32,35)/t22-,24-,25-,26+,28-,31-/m1/s1. The molecule has 1 amide bonds. The Balaban J connectivity index is 1.61. The van der Waals surface area contributed by atoms with Gasteiger partial charge in [-0.3, -0.25) is 14.5 Å². The van der Waals surface area contributed by atoms with Gasteiger partial charge in [-0.1, -0.05) is 60.7 Å². The largest absolute Gasteiger partial charge is 0.468 e. The van der Waals surface area contributed by atoms with E-state index in [0.717, 1.165) is 11.1 Å². The summed E-state index contributed by atoms with van der Waals surface area (Å²) >= 11 is 0. The third-order valence-corrected chi connectivity index (χ3v) is 7.76. The van der Waals surface area contributed by atoms with Gasteiger partial charge >= 0.3 is 5.97 Å². The van der Waals surface area contributed by atoms with Gasteiger partial charge in [0.1, 0.15) is 36.5 Å². The fraction of sp³-hybridized carbons (Fsp3) is 0.548. The van der Waals surface area contributed by atoms with E-state index in [9.17, 15) is 14.7 Å². The van der Waals surface area contributed by atoms with E-state index in [4.69, 9.17) is 28.4 Å². The molecule has 0 saturated carbocycles. The van der Waals surface area contributed by atoms with E-state index in [-0.39, 0.29) is 26.2 Å². The van der Waals surface area contributed by atoms with Crippen molar-refractivity contribution in [2.24, 2.45) is 0 Å². The SMILES string of the molecule is COC(=O)CNC(=O)[C@@H](N(Cc1ccccc1)Cc1ccccc1)[C@@]1(O)[C@@H]([C@H]2COC(C)(C)O2)O[C@@H]2OC(C)(C)O[C@@H]21. The van der Waals surface area contributed by atoms with Crippen molar-refractivity contribution in [3.05, 3.63) is 71.8 Å². The third kappa shape index (κ3) is 6.37. The molecule has 0 bridgehead atoms. The van der Waals surface area contributed by atoms with Crippen molar-refractivity contribution in [3.63, 3.8) is 0 Å². The molecule has 3 aliphatic rings. The van der Waals surface area contributed by atoms with Crippen LogP contribution in [0.1, 0.15) is 38.8 Å². The Labute approximate surface area is 246 Å². The highest BCUT2D eigenvalue weighted by molar-refractivity contribution is 5.87. The molecule has 3 saturated heterocycles. The summed E-state index contributed by atoms with van der Waals surface area (Å²) < 4.78 is 35.4. The van der Waals surface area contributed by atoms with Crippen LogP contribution in [0.3, 0.4) is 0 Å².